The van der Waals surface area contributed by atoms with Gasteiger partial charge in [-0.2, -0.15) is 0 Å². The largest absolute Gasteiger partial charge is 0.368 e. The number of hydrogen-bond donors (Lipinski definition) is 0. The molecule has 94 valence electrons. The van der Waals surface area contributed by atoms with E-state index in [0.29, 0.717) is 0 Å². The molecule has 1 aliphatic carbocycles. The van der Waals surface area contributed by atoms with E-state index in [1.54, 1.807) is 11.3 Å². The summed E-state index contributed by atoms with van der Waals surface area (Å²) in [6.07, 6.45) is 3.84. The van der Waals surface area contributed by atoms with Gasteiger partial charge in [-0.3, -0.25) is 0 Å². The molecule has 2 aromatic rings. The average molecular weight is 323 g/mol. The van der Waals surface area contributed by atoms with Crippen molar-refractivity contribution in [3.8, 4) is 0 Å². The predicted octanol–water partition coefficient (Wildman–Crippen LogP) is 5.10. The number of aryl methyl sites for hydroxylation is 1. The van der Waals surface area contributed by atoms with Crippen molar-refractivity contribution in [2.75, 3.05) is 0 Å². The maximum Gasteiger partial charge on any atom is 0.0832 e. The zero-order chi connectivity index (χ0) is 12.4. The minimum atomic E-state index is 0.274. The lowest BCUT2D eigenvalue weighted by atomic mass is 9.89. The molecule has 0 saturated heterocycles. The molecular formula is C15H15BrOS. The fourth-order valence-electron chi connectivity index (χ4n) is 2.49. The molecule has 0 N–H and O–H groups in total. The summed E-state index contributed by atoms with van der Waals surface area (Å²) in [4.78, 5) is 1.28. The zero-order valence-electron chi connectivity index (χ0n) is 10.1. The molecule has 1 aromatic carbocycles. The fourth-order valence-corrected chi connectivity index (χ4v) is 3.87. The van der Waals surface area contributed by atoms with Gasteiger partial charge in [0.25, 0.3) is 0 Å². The van der Waals surface area contributed by atoms with Gasteiger partial charge in [0.1, 0.15) is 0 Å². The second-order valence-corrected chi connectivity index (χ2v) is 6.53. The second kappa shape index (κ2) is 5.55. The van der Waals surface area contributed by atoms with E-state index >= 15 is 0 Å². The van der Waals surface area contributed by atoms with Gasteiger partial charge >= 0.3 is 0 Å². The summed E-state index contributed by atoms with van der Waals surface area (Å²) in [6.45, 7) is 0.718. The summed E-state index contributed by atoms with van der Waals surface area (Å²) in [6, 6.07) is 10.8. The molecule has 18 heavy (non-hydrogen) atoms. The van der Waals surface area contributed by atoms with Crippen LogP contribution in [0.4, 0.5) is 0 Å². The highest BCUT2D eigenvalue weighted by Gasteiger charge is 2.20. The molecule has 0 bridgehead atoms. The summed E-state index contributed by atoms with van der Waals surface area (Å²) in [7, 11) is 0. The third-order valence-corrected chi connectivity index (χ3v) is 5.03. The first kappa shape index (κ1) is 12.4. The Morgan fingerprint density at radius 3 is 3.06 bits per heavy atom. The summed E-state index contributed by atoms with van der Waals surface area (Å²) >= 11 is 5.23. The van der Waals surface area contributed by atoms with Gasteiger partial charge in [0.05, 0.1) is 12.7 Å². The molecule has 1 nitrogen and oxygen atoms in total. The molecule has 3 heteroatoms. The van der Waals surface area contributed by atoms with Gasteiger partial charge in [0.15, 0.2) is 0 Å². The molecule has 0 spiro atoms. The Hall–Kier alpha value is -0.640. The molecule has 1 atom stereocenters. The first-order valence-electron chi connectivity index (χ1n) is 6.25. The van der Waals surface area contributed by atoms with Crippen LogP contribution in [-0.4, -0.2) is 0 Å². The van der Waals surface area contributed by atoms with Crippen molar-refractivity contribution >= 4 is 27.3 Å². The van der Waals surface area contributed by atoms with Gasteiger partial charge in [-0.1, -0.05) is 24.3 Å². The van der Waals surface area contributed by atoms with Crippen molar-refractivity contribution in [1.29, 1.82) is 0 Å². The van der Waals surface area contributed by atoms with Gasteiger partial charge in [-0.15, -0.1) is 11.3 Å². The Kier molecular flexibility index (Phi) is 3.83. The molecule has 1 aliphatic rings. The van der Waals surface area contributed by atoms with Gasteiger partial charge < -0.3 is 4.74 Å². The van der Waals surface area contributed by atoms with Crippen molar-refractivity contribution in [3.63, 3.8) is 0 Å². The minimum Gasteiger partial charge on any atom is -0.368 e. The third-order valence-electron chi connectivity index (χ3n) is 3.36. The number of halogens is 1. The topological polar surface area (TPSA) is 9.23 Å². The monoisotopic (exact) mass is 322 g/mol. The number of benzene rings is 1. The lowest BCUT2D eigenvalue weighted by Crippen LogP contribution is -2.12. The van der Waals surface area contributed by atoms with Crippen molar-refractivity contribution < 1.29 is 4.74 Å². The van der Waals surface area contributed by atoms with Crippen LogP contribution >= 0.6 is 27.3 Å². The SMILES string of the molecule is Brc1csc(COC2CCCc3ccccc32)c1. The molecule has 0 amide bonds. The van der Waals surface area contributed by atoms with Crippen LogP contribution in [0, 0.1) is 0 Å². The quantitative estimate of drug-likeness (QED) is 0.763. The number of thiophene rings is 1. The maximum atomic E-state index is 6.10. The standard InChI is InChI=1S/C15H15BrOS/c16-12-8-13(18-10-12)9-17-15-7-3-5-11-4-1-2-6-14(11)15/h1-2,4,6,8,10,15H,3,5,7,9H2. The lowest BCUT2D eigenvalue weighted by Gasteiger charge is -2.25. The van der Waals surface area contributed by atoms with E-state index in [1.807, 2.05) is 0 Å². The Labute approximate surface area is 120 Å². The molecule has 1 unspecified atom stereocenters. The molecule has 0 aliphatic heterocycles. The maximum absolute atomic E-state index is 6.10. The predicted molar refractivity (Wildman–Crippen MR) is 78.9 cm³/mol. The number of rotatable bonds is 3. The van der Waals surface area contributed by atoms with Crippen LogP contribution in [0.3, 0.4) is 0 Å². The molecule has 1 heterocycles. The van der Waals surface area contributed by atoms with Gasteiger partial charge in [0.2, 0.25) is 0 Å². The van der Waals surface area contributed by atoms with Crippen LogP contribution in [0.25, 0.3) is 0 Å². The van der Waals surface area contributed by atoms with Crippen LogP contribution in [0.1, 0.15) is 34.9 Å². The highest BCUT2D eigenvalue weighted by molar-refractivity contribution is 9.10. The van der Waals surface area contributed by atoms with Crippen molar-refractivity contribution in [2.45, 2.75) is 32.0 Å². The average Bonchev–Trinajstić information content (AvgIpc) is 2.82. The molecule has 0 fully saturated rings. The Morgan fingerprint density at radius 2 is 2.22 bits per heavy atom. The van der Waals surface area contributed by atoms with Crippen LogP contribution in [0.2, 0.25) is 0 Å². The van der Waals surface area contributed by atoms with E-state index in [1.165, 1.54) is 28.8 Å². The molecule has 0 radical (unpaired) electrons. The smallest absolute Gasteiger partial charge is 0.0832 e. The molecule has 1 aromatic heterocycles. The lowest BCUT2D eigenvalue weighted by molar-refractivity contribution is 0.0297. The fraction of sp³-hybridized carbons (Fsp3) is 0.333. The number of hydrogen-bond acceptors (Lipinski definition) is 2. The summed E-state index contributed by atoms with van der Waals surface area (Å²) < 4.78 is 7.25. The first-order valence-corrected chi connectivity index (χ1v) is 7.92. The van der Waals surface area contributed by atoms with E-state index in [9.17, 15) is 0 Å². The summed E-state index contributed by atoms with van der Waals surface area (Å²) in [5.74, 6) is 0. The van der Waals surface area contributed by atoms with Gasteiger partial charge in [0, 0.05) is 14.7 Å². The van der Waals surface area contributed by atoms with Gasteiger partial charge in [-0.05, 0) is 52.4 Å². The first-order chi connectivity index (χ1) is 8.83. The van der Waals surface area contributed by atoms with Crippen LogP contribution < -0.4 is 0 Å². The summed E-state index contributed by atoms with van der Waals surface area (Å²) in [5, 5.41) is 2.10. The van der Waals surface area contributed by atoms with E-state index in [4.69, 9.17) is 4.74 Å². The molecular weight excluding hydrogens is 308 g/mol. The highest BCUT2D eigenvalue weighted by atomic mass is 79.9. The van der Waals surface area contributed by atoms with Gasteiger partial charge in [-0.25, -0.2) is 0 Å². The Bertz CT molecular complexity index is 535. The second-order valence-electron chi connectivity index (χ2n) is 4.62. The third kappa shape index (κ3) is 2.68. The molecule has 3 rings (SSSR count). The van der Waals surface area contributed by atoms with Crippen LogP contribution in [-0.2, 0) is 17.8 Å². The highest BCUT2D eigenvalue weighted by Crippen LogP contribution is 2.33. The van der Waals surface area contributed by atoms with E-state index < -0.39 is 0 Å². The number of fused-ring (bicyclic) bond motifs is 1. The molecule has 0 saturated carbocycles. The number of ether oxygens (including phenoxy) is 1. The Balaban J connectivity index is 1.71. The van der Waals surface area contributed by atoms with Crippen molar-refractivity contribution in [2.24, 2.45) is 0 Å². The van der Waals surface area contributed by atoms with E-state index in [-0.39, 0.29) is 6.10 Å². The Morgan fingerprint density at radius 1 is 1.33 bits per heavy atom. The summed E-state index contributed by atoms with van der Waals surface area (Å²) in [5.41, 5.74) is 2.85. The van der Waals surface area contributed by atoms with E-state index in [2.05, 4.69) is 51.6 Å². The zero-order valence-corrected chi connectivity index (χ0v) is 12.5. The minimum absolute atomic E-state index is 0.274. The van der Waals surface area contributed by atoms with E-state index in [0.717, 1.165) is 17.5 Å². The van der Waals surface area contributed by atoms with Crippen LogP contribution in [0.5, 0.6) is 0 Å². The van der Waals surface area contributed by atoms with Crippen LogP contribution in [0.15, 0.2) is 40.2 Å². The van der Waals surface area contributed by atoms with Crippen molar-refractivity contribution in [3.05, 3.63) is 56.2 Å². The normalized spacial score (nSPS) is 18.6. The van der Waals surface area contributed by atoms with Crippen molar-refractivity contribution in [1.82, 2.24) is 0 Å².